The minimum Gasteiger partial charge on any atom is -0.748 e. The number of benzene rings is 5. The van der Waals surface area contributed by atoms with Gasteiger partial charge in [0, 0.05) is 47.0 Å². The van der Waals surface area contributed by atoms with E-state index in [9.17, 15) is 13.0 Å². The third-order valence-corrected chi connectivity index (χ3v) is 6.88. The van der Waals surface area contributed by atoms with E-state index in [2.05, 4.69) is 34.1 Å². The van der Waals surface area contributed by atoms with Crippen LogP contribution in [0.2, 0.25) is 0 Å². The molecule has 1 aromatic heterocycles. The molecule has 0 amide bonds. The molecule has 1 N–H and O–H groups in total. The topological polar surface area (TPSA) is 143 Å². The molecule has 0 atom stereocenters. The molecule has 202 valence electrons. The van der Waals surface area contributed by atoms with Crippen molar-refractivity contribution < 1.29 is 60.1 Å². The Labute approximate surface area is 259 Å². The normalized spacial score (nSPS) is 11.5. The van der Waals surface area contributed by atoms with Crippen molar-refractivity contribution in [2.45, 2.75) is 4.90 Å². The maximum atomic E-state index is 11.3. The zero-order valence-electron chi connectivity index (χ0n) is 22.1. The summed E-state index contributed by atoms with van der Waals surface area (Å²) in [6, 6.07) is 34.1. The van der Waals surface area contributed by atoms with E-state index >= 15 is 0 Å². The summed E-state index contributed by atoms with van der Waals surface area (Å²) in [6.45, 7) is 0. The fraction of sp³-hybridized carbons (Fsp3) is 0.0345. The van der Waals surface area contributed by atoms with Crippen molar-refractivity contribution in [1.29, 1.82) is 0 Å². The molecule has 0 aliphatic rings. The van der Waals surface area contributed by atoms with E-state index < -0.39 is 20.2 Å². The average molecular weight is 596 g/mol. The molecule has 9 nitrogen and oxygen atoms in total. The van der Waals surface area contributed by atoms with Crippen LogP contribution in [0, 0.1) is 0 Å². The van der Waals surface area contributed by atoms with E-state index in [1.165, 1.54) is 12.1 Å². The van der Waals surface area contributed by atoms with E-state index in [0.717, 1.165) is 44.2 Å². The summed E-state index contributed by atoms with van der Waals surface area (Å²) in [7, 11) is -8.42. The number of anilines is 2. The summed E-state index contributed by atoms with van der Waals surface area (Å²) < 4.78 is 63.4. The first kappa shape index (κ1) is 30.5. The van der Waals surface area contributed by atoms with Crippen LogP contribution in [0.5, 0.6) is 0 Å². The SMILES string of the molecule is CS(=O)(=O)[O-].O=S(=O)([O-])c1ccc(Nc2cc3c(nc4ccccc4[n+]3-c3ccccc3)c3ccccc23)cc1.[Na+]. The van der Waals surface area contributed by atoms with Gasteiger partial charge in [-0.05, 0) is 30.3 Å². The minimum atomic E-state index is -4.50. The maximum absolute atomic E-state index is 11.3. The van der Waals surface area contributed by atoms with Gasteiger partial charge in [-0.2, -0.15) is 0 Å². The van der Waals surface area contributed by atoms with Gasteiger partial charge < -0.3 is 14.4 Å². The average Bonchev–Trinajstić information content (AvgIpc) is 2.91. The van der Waals surface area contributed by atoms with Gasteiger partial charge in [0.05, 0.1) is 20.7 Å². The Hall–Kier alpha value is -3.42. The number of fused-ring (bicyclic) bond motifs is 4. The Morgan fingerprint density at radius 1 is 0.707 bits per heavy atom. The minimum absolute atomic E-state index is 0. The molecule has 0 saturated heterocycles. The summed E-state index contributed by atoms with van der Waals surface area (Å²) in [5, 5.41) is 5.37. The van der Waals surface area contributed by atoms with Crippen LogP contribution >= 0.6 is 0 Å². The quantitative estimate of drug-likeness (QED) is 0.107. The maximum Gasteiger partial charge on any atom is 1.00 e. The number of hydrogen-bond acceptors (Lipinski definition) is 8. The summed E-state index contributed by atoms with van der Waals surface area (Å²) >= 11 is 0. The third-order valence-electron chi connectivity index (χ3n) is 6.03. The molecule has 0 bridgehead atoms. The predicted octanol–water partition coefficient (Wildman–Crippen LogP) is 1.63. The van der Waals surface area contributed by atoms with Crippen LogP contribution in [0.3, 0.4) is 0 Å². The molecule has 12 heteroatoms. The van der Waals surface area contributed by atoms with Crippen molar-refractivity contribution in [3.63, 3.8) is 0 Å². The van der Waals surface area contributed by atoms with Gasteiger partial charge >= 0.3 is 29.6 Å². The number of para-hydroxylation sites is 3. The smallest absolute Gasteiger partial charge is 0.748 e. The second-order valence-electron chi connectivity index (χ2n) is 8.92. The first-order valence-corrected chi connectivity index (χ1v) is 15.2. The standard InChI is InChI=1S/C28H19N3O3S.CH4O3S.Na/c32-35(33,34)21-16-14-19(15-17-21)29-25-18-27-28(23-11-5-4-10-22(23)25)30-24-12-6-7-13-26(24)31(27)20-8-2-1-3-9-20;1-5(2,3)4;/h1-18H,(H,32,33,34);1H3,(H,2,3,4);/q;;+1/p-1. The van der Waals surface area contributed by atoms with Gasteiger partial charge in [-0.1, -0.05) is 54.6 Å². The van der Waals surface area contributed by atoms with Crippen LogP contribution < -0.4 is 39.4 Å². The number of nitrogens with one attached hydrogen (secondary N) is 1. The van der Waals surface area contributed by atoms with Gasteiger partial charge in [0.15, 0.2) is 0 Å². The molecular weight excluding hydrogens is 573 g/mol. The molecule has 5 aromatic carbocycles. The Balaban J connectivity index is 0.000000596. The van der Waals surface area contributed by atoms with Crippen molar-refractivity contribution in [2.24, 2.45) is 0 Å². The molecule has 6 aromatic rings. The number of hydrogen-bond donors (Lipinski definition) is 1. The molecule has 6 rings (SSSR count). The fourth-order valence-electron chi connectivity index (χ4n) is 4.45. The monoisotopic (exact) mass is 595 g/mol. The molecule has 0 spiro atoms. The van der Waals surface area contributed by atoms with Crippen molar-refractivity contribution in [3.8, 4) is 5.69 Å². The predicted molar refractivity (Wildman–Crippen MR) is 152 cm³/mol. The van der Waals surface area contributed by atoms with E-state index in [1.807, 2.05) is 60.7 Å². The third kappa shape index (κ3) is 7.08. The van der Waals surface area contributed by atoms with Gasteiger partial charge in [0.2, 0.25) is 16.7 Å². The molecule has 0 saturated carbocycles. The molecule has 0 radical (unpaired) electrons. The number of aromatic nitrogens is 2. The van der Waals surface area contributed by atoms with E-state index in [0.29, 0.717) is 11.9 Å². The van der Waals surface area contributed by atoms with Crippen molar-refractivity contribution >= 4 is 64.5 Å². The Morgan fingerprint density at radius 2 is 1.27 bits per heavy atom. The molecule has 0 aliphatic carbocycles. The van der Waals surface area contributed by atoms with Crippen LogP contribution in [0.25, 0.3) is 38.5 Å². The summed E-state index contributed by atoms with van der Waals surface area (Å²) in [6.07, 6.45) is 0.604. The zero-order chi connectivity index (χ0) is 28.5. The van der Waals surface area contributed by atoms with Crippen LogP contribution in [-0.4, -0.2) is 37.2 Å². The zero-order valence-corrected chi connectivity index (χ0v) is 25.7. The molecule has 0 fully saturated rings. The second-order valence-corrected chi connectivity index (χ2v) is 11.7. The van der Waals surface area contributed by atoms with Gasteiger partial charge in [0.1, 0.15) is 21.2 Å². The fourth-order valence-corrected chi connectivity index (χ4v) is 4.92. The molecular formula is C29H22N3NaO6S2. The second kappa shape index (κ2) is 12.2. The molecule has 41 heavy (non-hydrogen) atoms. The number of nitrogens with zero attached hydrogens (tertiary/aromatic N) is 2. The van der Waals surface area contributed by atoms with Gasteiger partial charge in [0.25, 0.3) is 0 Å². The first-order valence-electron chi connectivity index (χ1n) is 11.9. The molecule has 0 unspecified atom stereocenters. The van der Waals surface area contributed by atoms with Crippen molar-refractivity contribution in [1.82, 2.24) is 4.98 Å². The summed E-state index contributed by atoms with van der Waals surface area (Å²) in [4.78, 5) is 4.77. The van der Waals surface area contributed by atoms with E-state index in [-0.39, 0.29) is 34.5 Å². The van der Waals surface area contributed by atoms with Crippen LogP contribution in [0.15, 0.2) is 114 Å². The summed E-state index contributed by atoms with van der Waals surface area (Å²) in [5.41, 5.74) is 6.20. The van der Waals surface area contributed by atoms with E-state index in [1.54, 1.807) is 12.1 Å². The van der Waals surface area contributed by atoms with Gasteiger partial charge in [-0.25, -0.2) is 21.8 Å². The number of rotatable bonds is 4. The van der Waals surface area contributed by atoms with Gasteiger partial charge in [-0.15, -0.1) is 4.57 Å². The Morgan fingerprint density at radius 3 is 1.90 bits per heavy atom. The van der Waals surface area contributed by atoms with Crippen LogP contribution in [0.4, 0.5) is 11.4 Å². The summed E-state index contributed by atoms with van der Waals surface area (Å²) in [5.74, 6) is 0. The largest absolute Gasteiger partial charge is 1.00 e. The van der Waals surface area contributed by atoms with Crippen LogP contribution in [-0.2, 0) is 20.2 Å². The van der Waals surface area contributed by atoms with Gasteiger partial charge in [-0.3, -0.25) is 0 Å². The Kier molecular flexibility index (Phi) is 9.10. The van der Waals surface area contributed by atoms with Crippen molar-refractivity contribution in [3.05, 3.63) is 109 Å². The van der Waals surface area contributed by atoms with Crippen LogP contribution in [0.1, 0.15) is 0 Å². The Bertz CT molecular complexity index is 2080. The first-order chi connectivity index (χ1) is 19.0. The van der Waals surface area contributed by atoms with E-state index in [4.69, 9.17) is 18.0 Å². The van der Waals surface area contributed by atoms with Crippen molar-refractivity contribution in [2.75, 3.05) is 11.6 Å². The molecule has 1 heterocycles. The molecule has 0 aliphatic heterocycles.